The Morgan fingerprint density at radius 3 is 3.00 bits per heavy atom. The van der Waals surface area contributed by atoms with Crippen molar-refractivity contribution in [3.63, 3.8) is 0 Å². The topological polar surface area (TPSA) is 54.7 Å². The first-order valence-corrected chi connectivity index (χ1v) is 1.56. The third-order valence-electron chi connectivity index (χ3n) is 0.470. The Hall–Kier alpha value is -0.990. The zero-order valence-corrected chi connectivity index (χ0v) is 3.10. The van der Waals surface area contributed by atoms with Crippen LogP contribution in [-0.4, -0.2) is 10.2 Å². The second-order valence-corrected chi connectivity index (χ2v) is 0.952. The molecule has 0 unspecified atom stereocenters. The van der Waals surface area contributed by atoms with E-state index in [1.54, 1.807) is 6.20 Å². The van der Waals surface area contributed by atoms with Crippen molar-refractivity contribution in [2.45, 2.75) is 0 Å². The van der Waals surface area contributed by atoms with Crippen LogP contribution < -0.4 is 5.73 Å². The maximum absolute atomic E-state index is 5.13. The second-order valence-electron chi connectivity index (χ2n) is 0.952. The van der Waals surface area contributed by atoms with Crippen LogP contribution in [-0.2, 0) is 0 Å². The van der Waals surface area contributed by atoms with E-state index in [1.807, 2.05) is 0 Å². The molecule has 3 nitrogen and oxygen atoms in total. The van der Waals surface area contributed by atoms with E-state index in [9.17, 15) is 0 Å². The molecule has 0 radical (unpaired) electrons. The van der Waals surface area contributed by atoms with Crippen molar-refractivity contribution in [1.82, 2.24) is 10.2 Å². The molecule has 0 aliphatic rings. The number of H-pyrrole nitrogens is 1. The molecule has 0 saturated carbocycles. The molecule has 1 heterocycles. The van der Waals surface area contributed by atoms with Gasteiger partial charge in [0, 0.05) is 0 Å². The molecule has 3 N–H and O–H groups in total. The lowest BCUT2D eigenvalue weighted by atomic mass is 10.6. The van der Waals surface area contributed by atoms with Gasteiger partial charge in [-0.05, 0) is 0 Å². The van der Waals surface area contributed by atoms with E-state index < -0.39 is 0 Å². The van der Waals surface area contributed by atoms with Crippen LogP contribution in [0.5, 0.6) is 0 Å². The van der Waals surface area contributed by atoms with E-state index in [-0.39, 0.29) is 0 Å². The summed E-state index contributed by atoms with van der Waals surface area (Å²) in [6.07, 6.45) is 4.04. The lowest BCUT2D eigenvalue weighted by Gasteiger charge is -1.79. The molecule has 0 spiro atoms. The van der Waals surface area contributed by atoms with Gasteiger partial charge in [-0.25, -0.2) is 0 Å². The molecule has 32 valence electrons. The number of nitrogen functional groups attached to an aromatic ring is 1. The molecule has 0 aliphatic carbocycles. The van der Waals surface area contributed by atoms with Gasteiger partial charge in [0.2, 0.25) is 0 Å². The highest BCUT2D eigenvalue weighted by molar-refractivity contribution is 5.27. The summed E-state index contributed by atoms with van der Waals surface area (Å²) < 4.78 is 0. The fourth-order valence-corrected chi connectivity index (χ4v) is 0.231. The molecule has 0 fully saturated rings. The normalized spacial score (nSPS) is 8.67. The smallest absolute Gasteiger partial charge is 0.100 e. The van der Waals surface area contributed by atoms with Crippen LogP contribution in [0.3, 0.4) is 0 Å². The Bertz CT molecular complexity index is 110. The maximum Gasteiger partial charge on any atom is -0.100 e. The predicted octanol–water partition coefficient (Wildman–Crippen LogP) is -0.208. The Balaban J connectivity index is 3.05. The Kier molecular flexibility index (Phi) is 0.538. The molecule has 0 aromatic carbocycles. The first kappa shape index (κ1) is 3.21. The van der Waals surface area contributed by atoms with Crippen molar-refractivity contribution in [2.24, 2.45) is 0 Å². The van der Waals surface area contributed by atoms with Gasteiger partial charge in [-0.1, -0.05) is 0 Å². The second kappa shape index (κ2) is 1.01. The molecule has 0 amide bonds. The third-order valence-corrected chi connectivity index (χ3v) is 0.470. The number of nitrogens with two attached hydrogens (primary N) is 1. The van der Waals surface area contributed by atoms with Crippen LogP contribution in [0.2, 0.25) is 0 Å². The summed E-state index contributed by atoms with van der Waals surface area (Å²) in [5.74, 6) is 0. The van der Waals surface area contributed by atoms with Crippen molar-refractivity contribution in [3.05, 3.63) is 12.4 Å². The number of aromatic nitrogens is 2. The largest absolute Gasteiger partial charge is 0.428 e. The molecule has 3 heteroatoms. The first-order chi connectivity index (χ1) is 2.89. The van der Waals surface area contributed by atoms with E-state index in [2.05, 4.69) is 16.4 Å². The number of nitrogens with zero attached hydrogens (tertiary/aromatic N) is 1. The Morgan fingerprint density at radius 1 is 2.00 bits per heavy atom. The van der Waals surface area contributed by atoms with Gasteiger partial charge in [0.1, 0.15) is 0 Å². The molecule has 0 atom stereocenters. The number of hydrogen-bond donors (Lipinski definition) is 2. The van der Waals surface area contributed by atoms with Crippen molar-refractivity contribution >= 4 is 5.69 Å². The van der Waals surface area contributed by atoms with Crippen molar-refractivity contribution in [2.75, 3.05) is 5.73 Å². The first-order valence-electron chi connectivity index (χ1n) is 1.56. The Labute approximate surface area is 35.2 Å². The quantitative estimate of drug-likeness (QED) is 0.425. The summed E-state index contributed by atoms with van der Waals surface area (Å²) in [6, 6.07) is 0. The SMILES string of the molecule is Nc1[c-]n[nH]c1. The van der Waals surface area contributed by atoms with Gasteiger partial charge in [-0.2, -0.15) is 0 Å². The van der Waals surface area contributed by atoms with Crippen LogP contribution >= 0.6 is 0 Å². The van der Waals surface area contributed by atoms with E-state index >= 15 is 0 Å². The fraction of sp³-hybridized carbons (Fsp3) is 0. The van der Waals surface area contributed by atoms with E-state index in [1.165, 1.54) is 0 Å². The van der Waals surface area contributed by atoms with Crippen molar-refractivity contribution in [3.8, 4) is 0 Å². The molecule has 0 aliphatic heterocycles. The molecule has 1 aromatic heterocycles. The Morgan fingerprint density at radius 2 is 2.83 bits per heavy atom. The fourth-order valence-electron chi connectivity index (χ4n) is 0.231. The van der Waals surface area contributed by atoms with Gasteiger partial charge in [0.05, 0.1) is 0 Å². The molecular weight excluding hydrogens is 78.1 g/mol. The monoisotopic (exact) mass is 82.0 g/mol. The number of anilines is 1. The highest BCUT2D eigenvalue weighted by Gasteiger charge is 1.60. The number of aromatic amines is 1. The number of hydrogen-bond acceptors (Lipinski definition) is 2. The van der Waals surface area contributed by atoms with Gasteiger partial charge >= 0.3 is 0 Å². The minimum absolute atomic E-state index is 0.551. The minimum atomic E-state index is 0.551. The summed E-state index contributed by atoms with van der Waals surface area (Å²) in [6.45, 7) is 0. The van der Waals surface area contributed by atoms with E-state index in [4.69, 9.17) is 5.73 Å². The highest BCUT2D eigenvalue weighted by atomic mass is 15.1. The summed E-state index contributed by atoms with van der Waals surface area (Å²) in [7, 11) is 0. The van der Waals surface area contributed by atoms with Crippen LogP contribution in [0.15, 0.2) is 6.20 Å². The maximum atomic E-state index is 5.13. The molecule has 1 aromatic rings. The standard InChI is InChI=1S/C3H4N3/c4-3-1-5-6-2-3/h1H,4H2,(H,5,6)/q-1. The predicted molar refractivity (Wildman–Crippen MR) is 21.8 cm³/mol. The average Bonchev–Trinajstić information content (AvgIpc) is 1.86. The summed E-state index contributed by atoms with van der Waals surface area (Å²) in [5.41, 5.74) is 5.68. The van der Waals surface area contributed by atoms with E-state index in [0.717, 1.165) is 0 Å². The average molecular weight is 82.1 g/mol. The molecule has 6 heavy (non-hydrogen) atoms. The molecule has 0 saturated heterocycles. The molecule has 1 rings (SSSR count). The lowest BCUT2D eigenvalue weighted by molar-refractivity contribution is 1.08. The lowest BCUT2D eigenvalue weighted by Crippen LogP contribution is -1.75. The van der Waals surface area contributed by atoms with Gasteiger partial charge < -0.3 is 15.9 Å². The zero-order valence-electron chi connectivity index (χ0n) is 3.10. The van der Waals surface area contributed by atoms with Gasteiger partial charge in [0.15, 0.2) is 0 Å². The number of rotatable bonds is 0. The zero-order chi connectivity index (χ0) is 4.41. The molecular formula is C3H4N3-. The summed E-state index contributed by atoms with van der Waals surface area (Å²) in [4.78, 5) is 0. The minimum Gasteiger partial charge on any atom is -0.428 e. The van der Waals surface area contributed by atoms with Crippen molar-refractivity contribution < 1.29 is 0 Å². The van der Waals surface area contributed by atoms with E-state index in [0.29, 0.717) is 5.69 Å². The van der Waals surface area contributed by atoms with Gasteiger partial charge in [-0.3, -0.25) is 0 Å². The van der Waals surface area contributed by atoms with Crippen LogP contribution in [0.1, 0.15) is 0 Å². The van der Waals surface area contributed by atoms with Crippen LogP contribution in [0, 0.1) is 6.20 Å². The van der Waals surface area contributed by atoms with Crippen LogP contribution in [0.25, 0.3) is 0 Å². The molecule has 0 bridgehead atoms. The summed E-state index contributed by atoms with van der Waals surface area (Å²) in [5, 5.41) is 5.95. The van der Waals surface area contributed by atoms with Gasteiger partial charge in [-0.15, -0.1) is 18.1 Å². The van der Waals surface area contributed by atoms with Crippen molar-refractivity contribution in [1.29, 1.82) is 0 Å². The summed E-state index contributed by atoms with van der Waals surface area (Å²) >= 11 is 0. The van der Waals surface area contributed by atoms with Crippen LogP contribution in [0.4, 0.5) is 5.69 Å². The number of nitrogens with one attached hydrogen (secondary N) is 1. The highest BCUT2D eigenvalue weighted by Crippen LogP contribution is 1.87. The van der Waals surface area contributed by atoms with Gasteiger partial charge in [0.25, 0.3) is 0 Å². The third kappa shape index (κ3) is 0.337.